The van der Waals surface area contributed by atoms with Crippen LogP contribution in [0.3, 0.4) is 0 Å². The summed E-state index contributed by atoms with van der Waals surface area (Å²) in [6, 6.07) is 5.71. The fourth-order valence-corrected chi connectivity index (χ4v) is 2.14. The van der Waals surface area contributed by atoms with Crippen molar-refractivity contribution in [2.24, 2.45) is 0 Å². The second kappa shape index (κ2) is 6.95. The summed E-state index contributed by atoms with van der Waals surface area (Å²) in [5, 5.41) is 3.33. The number of aryl methyl sites for hydroxylation is 1. The third kappa shape index (κ3) is 5.21. The summed E-state index contributed by atoms with van der Waals surface area (Å²) in [5.41, 5.74) is 2.50. The molecule has 0 aliphatic rings. The van der Waals surface area contributed by atoms with Crippen LogP contribution >= 0.6 is 0 Å². The third-order valence-electron chi connectivity index (χ3n) is 3.36. The molecule has 1 unspecified atom stereocenters. The second-order valence-corrected chi connectivity index (χ2v) is 5.31. The summed E-state index contributed by atoms with van der Waals surface area (Å²) in [6.07, 6.45) is -1.27. The van der Waals surface area contributed by atoms with Gasteiger partial charge in [-0.05, 0) is 38.5 Å². The number of hydrogen-bond acceptors (Lipinski definition) is 4. The van der Waals surface area contributed by atoms with Crippen molar-refractivity contribution in [3.05, 3.63) is 53.6 Å². The fourth-order valence-electron chi connectivity index (χ4n) is 2.14. The van der Waals surface area contributed by atoms with Crippen LogP contribution in [0.25, 0.3) is 0 Å². The number of benzene rings is 1. The summed E-state index contributed by atoms with van der Waals surface area (Å²) >= 11 is 0. The van der Waals surface area contributed by atoms with Gasteiger partial charge in [-0.15, -0.1) is 13.2 Å². The summed E-state index contributed by atoms with van der Waals surface area (Å²) in [4.78, 5) is 8.51. The largest absolute Gasteiger partial charge is 0.573 e. The molecule has 2 rings (SSSR count). The number of ether oxygens (including phenoxy) is 1. The number of halogens is 3. The van der Waals surface area contributed by atoms with Gasteiger partial charge in [0.05, 0.1) is 17.6 Å². The molecule has 0 amide bonds. The third-order valence-corrected chi connectivity index (χ3v) is 3.36. The van der Waals surface area contributed by atoms with Crippen LogP contribution in [0.15, 0.2) is 36.7 Å². The van der Waals surface area contributed by atoms with E-state index < -0.39 is 6.36 Å². The van der Waals surface area contributed by atoms with Gasteiger partial charge in [-0.2, -0.15) is 0 Å². The van der Waals surface area contributed by atoms with E-state index in [-0.39, 0.29) is 17.8 Å². The van der Waals surface area contributed by atoms with Crippen LogP contribution in [0, 0.1) is 6.92 Å². The molecule has 2 aromatic rings. The number of alkyl halides is 3. The molecule has 0 radical (unpaired) electrons. The molecule has 1 N–H and O–H groups in total. The van der Waals surface area contributed by atoms with Gasteiger partial charge in [0, 0.05) is 18.3 Å². The average Bonchev–Trinajstić information content (AvgIpc) is 2.46. The van der Waals surface area contributed by atoms with E-state index in [0.717, 1.165) is 17.0 Å². The minimum atomic E-state index is -4.68. The Morgan fingerprint density at radius 3 is 2.17 bits per heavy atom. The average molecular weight is 325 g/mol. The van der Waals surface area contributed by atoms with Gasteiger partial charge in [0.1, 0.15) is 5.75 Å². The second-order valence-electron chi connectivity index (χ2n) is 5.31. The summed E-state index contributed by atoms with van der Waals surface area (Å²) in [5.74, 6) is -0.231. The molecule has 0 saturated carbocycles. The molecule has 0 aliphatic carbocycles. The van der Waals surface area contributed by atoms with E-state index in [2.05, 4.69) is 20.0 Å². The maximum absolute atomic E-state index is 12.1. The Bertz CT molecular complexity index is 627. The van der Waals surface area contributed by atoms with E-state index in [1.54, 1.807) is 24.5 Å². The van der Waals surface area contributed by atoms with Gasteiger partial charge in [-0.25, -0.2) is 0 Å². The van der Waals surface area contributed by atoms with Crippen LogP contribution in [0.5, 0.6) is 5.75 Å². The Kier molecular flexibility index (Phi) is 5.20. The van der Waals surface area contributed by atoms with Gasteiger partial charge < -0.3 is 10.1 Å². The Hall–Kier alpha value is -2.15. The first-order chi connectivity index (χ1) is 10.7. The Labute approximate surface area is 132 Å². The monoisotopic (exact) mass is 325 g/mol. The van der Waals surface area contributed by atoms with Crippen molar-refractivity contribution in [1.82, 2.24) is 15.3 Å². The van der Waals surface area contributed by atoms with Crippen molar-refractivity contribution in [2.45, 2.75) is 39.2 Å². The van der Waals surface area contributed by atoms with E-state index in [1.807, 2.05) is 20.8 Å². The lowest BCUT2D eigenvalue weighted by Gasteiger charge is -2.20. The molecule has 7 heteroatoms. The molecule has 0 fully saturated rings. The summed E-state index contributed by atoms with van der Waals surface area (Å²) in [7, 11) is 0. The lowest BCUT2D eigenvalue weighted by atomic mass is 10.1. The van der Waals surface area contributed by atoms with Gasteiger partial charge in [-0.3, -0.25) is 9.97 Å². The molecule has 4 nitrogen and oxygen atoms in total. The molecule has 0 bridgehead atoms. The van der Waals surface area contributed by atoms with Crippen molar-refractivity contribution in [2.75, 3.05) is 0 Å². The standard InChI is InChI=1S/C16H18F3N3O/c1-10-8-21-15(9-20-10)12(3)22-11(2)13-4-6-14(7-5-13)23-16(17,18)19/h4-9,11-12,22H,1-3H3/t11-,12?/m0/s1. The van der Waals surface area contributed by atoms with E-state index >= 15 is 0 Å². The van der Waals surface area contributed by atoms with Gasteiger partial charge in [-0.1, -0.05) is 12.1 Å². The van der Waals surface area contributed by atoms with Crippen LogP contribution in [0.4, 0.5) is 13.2 Å². The van der Waals surface area contributed by atoms with Gasteiger partial charge in [0.25, 0.3) is 0 Å². The normalized spacial score (nSPS) is 14.3. The molecule has 124 valence electrons. The summed E-state index contributed by atoms with van der Waals surface area (Å²) < 4.78 is 40.3. The predicted octanol–water partition coefficient (Wildman–Crippen LogP) is 4.10. The highest BCUT2D eigenvalue weighted by atomic mass is 19.4. The first-order valence-corrected chi connectivity index (χ1v) is 7.15. The van der Waals surface area contributed by atoms with Crippen LogP contribution in [0.1, 0.15) is 42.9 Å². The predicted molar refractivity (Wildman–Crippen MR) is 79.9 cm³/mol. The van der Waals surface area contributed by atoms with Crippen LogP contribution in [-0.4, -0.2) is 16.3 Å². The highest BCUT2D eigenvalue weighted by Gasteiger charge is 2.31. The number of aromatic nitrogens is 2. The van der Waals surface area contributed by atoms with E-state index in [4.69, 9.17) is 0 Å². The molecular formula is C16H18F3N3O. The molecule has 2 atom stereocenters. The van der Waals surface area contributed by atoms with Crippen molar-refractivity contribution in [1.29, 1.82) is 0 Å². The highest BCUT2D eigenvalue weighted by Crippen LogP contribution is 2.25. The van der Waals surface area contributed by atoms with Crippen molar-refractivity contribution in [3.63, 3.8) is 0 Å². The van der Waals surface area contributed by atoms with Gasteiger partial charge in [0.15, 0.2) is 0 Å². The van der Waals surface area contributed by atoms with E-state index in [0.29, 0.717) is 0 Å². The zero-order valence-electron chi connectivity index (χ0n) is 13.1. The Morgan fingerprint density at radius 1 is 1.00 bits per heavy atom. The number of nitrogens with one attached hydrogen (secondary N) is 1. The molecule has 23 heavy (non-hydrogen) atoms. The minimum absolute atomic E-state index is 0.0378. The molecule has 0 aliphatic heterocycles. The first-order valence-electron chi connectivity index (χ1n) is 7.15. The molecule has 1 aromatic carbocycles. The SMILES string of the molecule is Cc1cnc(C(C)N[C@@H](C)c2ccc(OC(F)(F)F)cc2)cn1. The zero-order valence-corrected chi connectivity index (χ0v) is 13.1. The van der Waals surface area contributed by atoms with Crippen LogP contribution in [-0.2, 0) is 0 Å². The maximum Gasteiger partial charge on any atom is 0.573 e. The summed E-state index contributed by atoms with van der Waals surface area (Å²) in [6.45, 7) is 5.75. The quantitative estimate of drug-likeness (QED) is 0.899. The fraction of sp³-hybridized carbons (Fsp3) is 0.375. The number of hydrogen-bond donors (Lipinski definition) is 1. The molecule has 0 spiro atoms. The van der Waals surface area contributed by atoms with Crippen LogP contribution in [0.2, 0.25) is 0 Å². The molecule has 0 saturated heterocycles. The van der Waals surface area contributed by atoms with Crippen molar-refractivity contribution >= 4 is 0 Å². The smallest absolute Gasteiger partial charge is 0.406 e. The Balaban J connectivity index is 2.00. The molecular weight excluding hydrogens is 307 g/mol. The minimum Gasteiger partial charge on any atom is -0.406 e. The van der Waals surface area contributed by atoms with Crippen molar-refractivity contribution < 1.29 is 17.9 Å². The zero-order chi connectivity index (χ0) is 17.0. The van der Waals surface area contributed by atoms with Gasteiger partial charge in [0.2, 0.25) is 0 Å². The number of nitrogens with zero attached hydrogens (tertiary/aromatic N) is 2. The first kappa shape index (κ1) is 17.2. The van der Waals surface area contributed by atoms with Crippen molar-refractivity contribution in [3.8, 4) is 5.75 Å². The number of rotatable bonds is 5. The molecule has 1 heterocycles. The highest BCUT2D eigenvalue weighted by molar-refractivity contribution is 5.29. The lowest BCUT2D eigenvalue weighted by Crippen LogP contribution is -2.23. The lowest BCUT2D eigenvalue weighted by molar-refractivity contribution is -0.274. The van der Waals surface area contributed by atoms with E-state index in [1.165, 1.54) is 12.1 Å². The van der Waals surface area contributed by atoms with E-state index in [9.17, 15) is 13.2 Å². The van der Waals surface area contributed by atoms with Gasteiger partial charge >= 0.3 is 6.36 Å². The maximum atomic E-state index is 12.1. The molecule has 1 aromatic heterocycles. The van der Waals surface area contributed by atoms with Crippen LogP contribution < -0.4 is 10.1 Å². The topological polar surface area (TPSA) is 47.0 Å². The Morgan fingerprint density at radius 2 is 1.65 bits per heavy atom.